The van der Waals surface area contributed by atoms with Gasteiger partial charge in [-0.15, -0.1) is 0 Å². The molecule has 1 aromatic carbocycles. The predicted molar refractivity (Wildman–Crippen MR) is 72.2 cm³/mol. The van der Waals surface area contributed by atoms with Crippen LogP contribution >= 0.6 is 0 Å². The summed E-state index contributed by atoms with van der Waals surface area (Å²) in [6.45, 7) is 7.00. The lowest BCUT2D eigenvalue weighted by molar-refractivity contribution is 0.311. The monoisotopic (exact) mass is 237 g/mol. The normalized spacial score (nSPS) is 12.0. The maximum absolute atomic E-state index is 5.55. The van der Waals surface area contributed by atoms with E-state index in [1.165, 1.54) is 6.42 Å². The van der Waals surface area contributed by atoms with Gasteiger partial charge in [0.25, 0.3) is 0 Å². The second kappa shape index (κ2) is 7.05. The van der Waals surface area contributed by atoms with E-state index in [0.717, 1.165) is 23.6 Å². The molecule has 3 nitrogen and oxygen atoms in total. The first-order valence-corrected chi connectivity index (χ1v) is 6.28. The van der Waals surface area contributed by atoms with Crippen molar-refractivity contribution in [2.75, 3.05) is 19.0 Å². The number of nitrogens with one attached hydrogen (secondary N) is 1. The van der Waals surface area contributed by atoms with Crippen molar-refractivity contribution in [3.8, 4) is 11.5 Å². The van der Waals surface area contributed by atoms with Gasteiger partial charge in [0, 0.05) is 17.8 Å². The van der Waals surface area contributed by atoms with Crippen molar-refractivity contribution in [2.24, 2.45) is 0 Å². The summed E-state index contributed by atoms with van der Waals surface area (Å²) < 4.78 is 10.8. The number of rotatable bonds is 7. The minimum absolute atomic E-state index is 0.475. The average molecular weight is 237 g/mol. The molecule has 0 saturated carbocycles. The molecular weight excluding hydrogens is 214 g/mol. The number of hydrogen-bond donors (Lipinski definition) is 1. The molecule has 1 N–H and O–H groups in total. The van der Waals surface area contributed by atoms with Gasteiger partial charge in [0.05, 0.1) is 13.7 Å². The lowest BCUT2D eigenvalue weighted by atomic mass is 10.2. The van der Waals surface area contributed by atoms with Crippen LogP contribution in [0.25, 0.3) is 0 Å². The third-order valence-corrected chi connectivity index (χ3v) is 2.60. The molecule has 0 fully saturated rings. The van der Waals surface area contributed by atoms with Crippen LogP contribution in [0.3, 0.4) is 0 Å². The predicted octanol–water partition coefficient (Wildman–Crippen LogP) is 3.69. The van der Waals surface area contributed by atoms with Crippen molar-refractivity contribution in [3.05, 3.63) is 18.2 Å². The second-order valence-corrected chi connectivity index (χ2v) is 4.13. The Morgan fingerprint density at radius 1 is 1.24 bits per heavy atom. The van der Waals surface area contributed by atoms with Gasteiger partial charge >= 0.3 is 0 Å². The molecule has 96 valence electrons. The molecule has 3 heteroatoms. The van der Waals surface area contributed by atoms with Crippen molar-refractivity contribution in [2.45, 2.75) is 39.7 Å². The summed E-state index contributed by atoms with van der Waals surface area (Å²) >= 11 is 0. The van der Waals surface area contributed by atoms with Crippen LogP contribution in [-0.2, 0) is 0 Å². The van der Waals surface area contributed by atoms with Crippen LogP contribution < -0.4 is 14.8 Å². The lowest BCUT2D eigenvalue weighted by Crippen LogP contribution is -2.14. The van der Waals surface area contributed by atoms with Gasteiger partial charge in [-0.2, -0.15) is 0 Å². The van der Waals surface area contributed by atoms with E-state index in [0.29, 0.717) is 12.6 Å². The van der Waals surface area contributed by atoms with Crippen LogP contribution in [0.5, 0.6) is 11.5 Å². The van der Waals surface area contributed by atoms with E-state index in [-0.39, 0.29) is 0 Å². The highest BCUT2D eigenvalue weighted by Gasteiger charge is 2.06. The van der Waals surface area contributed by atoms with Crippen molar-refractivity contribution in [1.82, 2.24) is 0 Å². The van der Waals surface area contributed by atoms with Crippen LogP contribution in [-0.4, -0.2) is 19.8 Å². The zero-order chi connectivity index (χ0) is 12.7. The summed E-state index contributed by atoms with van der Waals surface area (Å²) in [5.74, 6) is 1.57. The topological polar surface area (TPSA) is 30.5 Å². The molecule has 0 radical (unpaired) electrons. The number of ether oxygens (including phenoxy) is 2. The first-order chi connectivity index (χ1) is 8.21. The first-order valence-electron chi connectivity index (χ1n) is 6.28. The van der Waals surface area contributed by atoms with E-state index in [1.54, 1.807) is 7.11 Å². The molecule has 0 aliphatic carbocycles. The third kappa shape index (κ3) is 4.17. The summed E-state index contributed by atoms with van der Waals surface area (Å²) in [6, 6.07) is 6.43. The number of methoxy groups -OCH3 is 1. The molecule has 0 spiro atoms. The van der Waals surface area contributed by atoms with Gasteiger partial charge in [-0.25, -0.2) is 0 Å². The molecule has 1 unspecified atom stereocenters. The molecule has 0 amide bonds. The Kier molecular flexibility index (Phi) is 5.67. The van der Waals surface area contributed by atoms with Gasteiger partial charge in [0.2, 0.25) is 0 Å². The molecule has 0 saturated heterocycles. The largest absolute Gasteiger partial charge is 0.493 e. The summed E-state index contributed by atoms with van der Waals surface area (Å²) in [5.41, 5.74) is 1.08. The van der Waals surface area contributed by atoms with Crippen molar-refractivity contribution < 1.29 is 9.47 Å². The Hall–Kier alpha value is -1.38. The Labute approximate surface area is 104 Å². The fourth-order valence-electron chi connectivity index (χ4n) is 1.82. The third-order valence-electron chi connectivity index (χ3n) is 2.60. The molecular formula is C14H23NO2. The molecule has 0 heterocycles. The zero-order valence-electron chi connectivity index (χ0n) is 11.2. The Morgan fingerprint density at radius 3 is 2.59 bits per heavy atom. The fraction of sp³-hybridized carbons (Fsp3) is 0.571. The quantitative estimate of drug-likeness (QED) is 0.784. The van der Waals surface area contributed by atoms with Gasteiger partial charge in [0.1, 0.15) is 0 Å². The van der Waals surface area contributed by atoms with E-state index in [1.807, 2.05) is 25.1 Å². The molecule has 0 aliphatic rings. The smallest absolute Gasteiger partial charge is 0.163 e. The minimum Gasteiger partial charge on any atom is -0.493 e. The fourth-order valence-corrected chi connectivity index (χ4v) is 1.82. The van der Waals surface area contributed by atoms with Gasteiger partial charge in [0.15, 0.2) is 11.5 Å². The average Bonchev–Trinajstić information content (AvgIpc) is 2.30. The summed E-state index contributed by atoms with van der Waals surface area (Å²) in [4.78, 5) is 0. The highest BCUT2D eigenvalue weighted by Crippen LogP contribution is 2.30. The molecule has 0 aromatic heterocycles. The Bertz CT molecular complexity index is 339. The standard InChI is InChI=1S/C14H23NO2/c1-5-7-11(3)15-12-8-9-13(16-4)14(10-12)17-6-2/h8-11,15H,5-7H2,1-4H3. The van der Waals surface area contributed by atoms with Crippen LogP contribution in [0, 0.1) is 0 Å². The molecule has 1 aromatic rings. The van der Waals surface area contributed by atoms with Gasteiger partial charge in [-0.1, -0.05) is 13.3 Å². The SMILES string of the molecule is CCCC(C)Nc1ccc(OC)c(OCC)c1. The van der Waals surface area contributed by atoms with Gasteiger partial charge in [-0.05, 0) is 32.4 Å². The van der Waals surface area contributed by atoms with Crippen LogP contribution in [0.15, 0.2) is 18.2 Å². The second-order valence-electron chi connectivity index (χ2n) is 4.13. The summed E-state index contributed by atoms with van der Waals surface area (Å²) in [6.07, 6.45) is 2.35. The maximum Gasteiger partial charge on any atom is 0.163 e. The van der Waals surface area contributed by atoms with Gasteiger partial charge in [-0.3, -0.25) is 0 Å². The summed E-state index contributed by atoms with van der Waals surface area (Å²) in [5, 5.41) is 3.46. The van der Waals surface area contributed by atoms with Crippen LogP contribution in [0.1, 0.15) is 33.6 Å². The van der Waals surface area contributed by atoms with Crippen molar-refractivity contribution in [1.29, 1.82) is 0 Å². The maximum atomic E-state index is 5.55. The van der Waals surface area contributed by atoms with Crippen LogP contribution in [0.4, 0.5) is 5.69 Å². The Balaban J connectivity index is 2.76. The lowest BCUT2D eigenvalue weighted by Gasteiger charge is -2.16. The van der Waals surface area contributed by atoms with Crippen LogP contribution in [0.2, 0.25) is 0 Å². The van der Waals surface area contributed by atoms with Crippen molar-refractivity contribution in [3.63, 3.8) is 0 Å². The summed E-state index contributed by atoms with van der Waals surface area (Å²) in [7, 11) is 1.66. The number of benzene rings is 1. The first kappa shape index (κ1) is 13.7. The zero-order valence-corrected chi connectivity index (χ0v) is 11.2. The van der Waals surface area contributed by atoms with Crippen molar-refractivity contribution >= 4 is 5.69 Å². The molecule has 1 rings (SSSR count). The van der Waals surface area contributed by atoms with E-state index >= 15 is 0 Å². The Morgan fingerprint density at radius 2 is 2.00 bits per heavy atom. The number of hydrogen-bond acceptors (Lipinski definition) is 3. The highest BCUT2D eigenvalue weighted by atomic mass is 16.5. The van der Waals surface area contributed by atoms with E-state index in [2.05, 4.69) is 19.2 Å². The molecule has 1 atom stereocenters. The molecule has 17 heavy (non-hydrogen) atoms. The van der Waals surface area contributed by atoms with E-state index in [9.17, 15) is 0 Å². The highest BCUT2D eigenvalue weighted by molar-refractivity contribution is 5.55. The van der Waals surface area contributed by atoms with E-state index in [4.69, 9.17) is 9.47 Å². The minimum atomic E-state index is 0.475. The van der Waals surface area contributed by atoms with Gasteiger partial charge < -0.3 is 14.8 Å². The number of anilines is 1. The van der Waals surface area contributed by atoms with E-state index < -0.39 is 0 Å². The molecule has 0 bridgehead atoms. The molecule has 0 aliphatic heterocycles.